The van der Waals surface area contributed by atoms with E-state index in [2.05, 4.69) is 0 Å². The first kappa shape index (κ1) is 30.0. The molecule has 1 heterocycles. The first-order valence-electron chi connectivity index (χ1n) is 13.0. The molecule has 3 amide bonds. The maximum absolute atomic E-state index is 13.4. The SMILES string of the molecule is COC(=O)c1cc(Cl)c(OCC2CCCN2C(=O)Cc2ccc(N(C(N)=O)c3ccccc3C)c(OC)c2)c(Cl)c1. The molecule has 1 fully saturated rings. The van der Waals surface area contributed by atoms with Gasteiger partial charge in [-0.2, -0.15) is 0 Å². The maximum atomic E-state index is 13.4. The van der Waals surface area contributed by atoms with E-state index in [0.29, 0.717) is 23.7 Å². The van der Waals surface area contributed by atoms with Crippen molar-refractivity contribution in [2.24, 2.45) is 5.73 Å². The van der Waals surface area contributed by atoms with Gasteiger partial charge in [0, 0.05) is 6.54 Å². The van der Waals surface area contributed by atoms with Crippen LogP contribution in [0.1, 0.15) is 34.3 Å². The number of nitrogens with two attached hydrogens (primary N) is 1. The Morgan fingerprint density at radius 2 is 1.73 bits per heavy atom. The van der Waals surface area contributed by atoms with Gasteiger partial charge < -0.3 is 24.8 Å². The van der Waals surface area contributed by atoms with Crippen LogP contribution in [0.25, 0.3) is 0 Å². The molecule has 0 saturated carbocycles. The number of anilines is 2. The first-order valence-corrected chi connectivity index (χ1v) is 13.7. The summed E-state index contributed by atoms with van der Waals surface area (Å²) in [6.45, 7) is 2.67. The van der Waals surface area contributed by atoms with E-state index in [4.69, 9.17) is 43.1 Å². The summed E-state index contributed by atoms with van der Waals surface area (Å²) in [5.74, 6) is 0.0245. The fourth-order valence-electron chi connectivity index (χ4n) is 4.92. The van der Waals surface area contributed by atoms with Gasteiger partial charge in [-0.1, -0.05) is 47.5 Å². The lowest BCUT2D eigenvalue weighted by atomic mass is 10.1. The third-order valence-corrected chi connectivity index (χ3v) is 7.52. The molecule has 0 aromatic heterocycles. The molecule has 2 N–H and O–H groups in total. The summed E-state index contributed by atoms with van der Waals surface area (Å²) in [5, 5.41) is 0.355. The quantitative estimate of drug-likeness (QED) is 0.305. The number of amides is 3. The van der Waals surface area contributed by atoms with Gasteiger partial charge in [0.05, 0.1) is 53.7 Å². The zero-order valence-electron chi connectivity index (χ0n) is 23.0. The van der Waals surface area contributed by atoms with E-state index in [1.807, 2.05) is 25.1 Å². The van der Waals surface area contributed by atoms with Gasteiger partial charge in [0.15, 0.2) is 5.75 Å². The van der Waals surface area contributed by atoms with Crippen molar-refractivity contribution >= 4 is 52.5 Å². The fraction of sp³-hybridized carbons (Fsp3) is 0.300. The second-order valence-electron chi connectivity index (χ2n) is 9.60. The van der Waals surface area contributed by atoms with Crippen molar-refractivity contribution in [3.63, 3.8) is 0 Å². The van der Waals surface area contributed by atoms with Crippen molar-refractivity contribution in [3.05, 3.63) is 81.3 Å². The standard InChI is InChI=1S/C30H31Cl2N3O6/c1-18-7-4-5-9-24(18)35(30(33)38)25-11-10-19(13-26(25)39-2)14-27(36)34-12-6-8-21(34)17-41-28-22(31)15-20(16-23(28)32)29(37)40-3/h4-5,7,9-11,13,15-16,21H,6,8,12,14,17H2,1-3H3,(H2,33,38). The molecule has 41 heavy (non-hydrogen) atoms. The number of halogens is 2. The number of aryl methyl sites for hydroxylation is 1. The molecule has 0 aliphatic carbocycles. The molecule has 3 aromatic carbocycles. The summed E-state index contributed by atoms with van der Waals surface area (Å²) in [6.07, 6.45) is 1.71. The van der Waals surface area contributed by atoms with Gasteiger partial charge in [0.25, 0.3) is 0 Å². The van der Waals surface area contributed by atoms with E-state index in [0.717, 1.165) is 24.0 Å². The van der Waals surface area contributed by atoms with Gasteiger partial charge in [0.2, 0.25) is 5.91 Å². The topological polar surface area (TPSA) is 111 Å². The first-order chi connectivity index (χ1) is 19.6. The van der Waals surface area contributed by atoms with E-state index < -0.39 is 12.0 Å². The lowest BCUT2D eigenvalue weighted by Crippen LogP contribution is -2.40. The zero-order valence-corrected chi connectivity index (χ0v) is 24.5. The summed E-state index contributed by atoms with van der Waals surface area (Å²) < 4.78 is 16.2. The number of primary amides is 1. The minimum atomic E-state index is -0.651. The van der Waals surface area contributed by atoms with Gasteiger partial charge in [0.1, 0.15) is 12.4 Å². The summed E-state index contributed by atoms with van der Waals surface area (Å²) in [5.41, 5.74) is 8.68. The van der Waals surface area contributed by atoms with Crippen LogP contribution in [-0.2, 0) is 16.0 Å². The Balaban J connectivity index is 1.47. The monoisotopic (exact) mass is 599 g/mol. The van der Waals surface area contributed by atoms with Gasteiger partial charge >= 0.3 is 12.0 Å². The van der Waals surface area contributed by atoms with Crippen molar-refractivity contribution in [1.29, 1.82) is 0 Å². The third-order valence-electron chi connectivity index (χ3n) is 6.95. The Bertz CT molecular complexity index is 1440. The number of carbonyl (C=O) groups excluding carboxylic acids is 3. The van der Waals surface area contributed by atoms with Crippen LogP contribution in [0.2, 0.25) is 10.0 Å². The second-order valence-corrected chi connectivity index (χ2v) is 10.4. The molecule has 0 radical (unpaired) electrons. The van der Waals surface area contributed by atoms with Gasteiger partial charge in [-0.05, 0) is 61.2 Å². The average molecular weight is 600 g/mol. The highest BCUT2D eigenvalue weighted by Gasteiger charge is 2.30. The highest BCUT2D eigenvalue weighted by atomic mass is 35.5. The number of esters is 1. The Morgan fingerprint density at radius 1 is 1.02 bits per heavy atom. The molecule has 3 aromatic rings. The number of hydrogen-bond acceptors (Lipinski definition) is 6. The van der Waals surface area contributed by atoms with Crippen LogP contribution in [-0.4, -0.2) is 56.2 Å². The molecule has 9 nitrogen and oxygen atoms in total. The summed E-state index contributed by atoms with van der Waals surface area (Å²) in [4.78, 5) is 40.8. The average Bonchev–Trinajstić information content (AvgIpc) is 3.42. The van der Waals surface area contributed by atoms with Crippen LogP contribution in [0.5, 0.6) is 11.5 Å². The number of hydrogen-bond donors (Lipinski definition) is 1. The van der Waals surface area contributed by atoms with Gasteiger partial charge in [-0.25, -0.2) is 9.59 Å². The zero-order chi connectivity index (χ0) is 29.7. The maximum Gasteiger partial charge on any atom is 0.337 e. The molecule has 1 atom stereocenters. The molecule has 4 rings (SSSR count). The number of para-hydroxylation sites is 1. The predicted octanol–water partition coefficient (Wildman–Crippen LogP) is 5.93. The molecule has 1 unspecified atom stereocenters. The van der Waals surface area contributed by atoms with Crippen LogP contribution < -0.4 is 20.1 Å². The number of likely N-dealkylation sites (tertiary alicyclic amines) is 1. The van der Waals surface area contributed by atoms with Crippen LogP contribution in [0, 0.1) is 6.92 Å². The van der Waals surface area contributed by atoms with Crippen LogP contribution in [0.3, 0.4) is 0 Å². The Morgan fingerprint density at radius 3 is 2.37 bits per heavy atom. The summed E-state index contributed by atoms with van der Waals surface area (Å²) in [6, 6.07) is 14.7. The number of carbonyl (C=O) groups is 3. The van der Waals surface area contributed by atoms with E-state index in [1.54, 1.807) is 29.2 Å². The molecule has 1 aliphatic heterocycles. The number of nitrogens with zero attached hydrogens (tertiary/aromatic N) is 2. The van der Waals surface area contributed by atoms with Crippen molar-refractivity contribution < 1.29 is 28.6 Å². The number of ether oxygens (including phenoxy) is 3. The number of methoxy groups -OCH3 is 2. The van der Waals surface area contributed by atoms with Gasteiger partial charge in [-0.15, -0.1) is 0 Å². The Labute approximate surface area is 248 Å². The normalized spacial score (nSPS) is 14.5. The van der Waals surface area contributed by atoms with Crippen molar-refractivity contribution in [1.82, 2.24) is 4.90 Å². The molecule has 1 saturated heterocycles. The second kappa shape index (κ2) is 13.1. The van der Waals surface area contributed by atoms with Crippen molar-refractivity contribution in [2.45, 2.75) is 32.2 Å². The van der Waals surface area contributed by atoms with Crippen LogP contribution in [0.4, 0.5) is 16.2 Å². The van der Waals surface area contributed by atoms with E-state index >= 15 is 0 Å². The molecule has 1 aliphatic rings. The molecule has 11 heteroatoms. The smallest absolute Gasteiger partial charge is 0.337 e. The number of benzene rings is 3. The highest BCUT2D eigenvalue weighted by Crippen LogP contribution is 2.37. The molecule has 216 valence electrons. The minimum Gasteiger partial charge on any atom is -0.495 e. The van der Waals surface area contributed by atoms with Gasteiger partial charge in [-0.3, -0.25) is 9.69 Å². The Hall–Kier alpha value is -3.95. The Kier molecular flexibility index (Phi) is 9.62. The largest absolute Gasteiger partial charge is 0.495 e. The van der Waals surface area contributed by atoms with Crippen molar-refractivity contribution in [3.8, 4) is 11.5 Å². The fourth-order valence-corrected chi connectivity index (χ4v) is 5.52. The summed E-state index contributed by atoms with van der Waals surface area (Å²) in [7, 11) is 2.77. The van der Waals surface area contributed by atoms with Crippen LogP contribution in [0.15, 0.2) is 54.6 Å². The molecular formula is C30H31Cl2N3O6. The molecule has 0 spiro atoms. The lowest BCUT2D eigenvalue weighted by molar-refractivity contribution is -0.131. The van der Waals surface area contributed by atoms with Crippen LogP contribution >= 0.6 is 23.2 Å². The van der Waals surface area contributed by atoms with Crippen molar-refractivity contribution in [2.75, 3.05) is 32.3 Å². The number of urea groups is 1. The predicted molar refractivity (Wildman–Crippen MR) is 158 cm³/mol. The van der Waals surface area contributed by atoms with E-state index in [1.165, 1.54) is 31.3 Å². The number of rotatable bonds is 9. The molecular weight excluding hydrogens is 569 g/mol. The van der Waals surface area contributed by atoms with E-state index in [-0.39, 0.29) is 46.3 Å². The third kappa shape index (κ3) is 6.69. The van der Waals surface area contributed by atoms with E-state index in [9.17, 15) is 14.4 Å². The highest BCUT2D eigenvalue weighted by molar-refractivity contribution is 6.37. The molecule has 0 bridgehead atoms. The minimum absolute atomic E-state index is 0.0743. The lowest BCUT2D eigenvalue weighted by Gasteiger charge is -2.26. The summed E-state index contributed by atoms with van der Waals surface area (Å²) >= 11 is 12.6.